The van der Waals surface area contributed by atoms with Gasteiger partial charge >= 0.3 is 0 Å². The Hall–Kier alpha value is -0.870. The summed E-state index contributed by atoms with van der Waals surface area (Å²) < 4.78 is 1.96. The zero-order valence-electron chi connectivity index (χ0n) is 13.8. The van der Waals surface area contributed by atoms with Crippen molar-refractivity contribution in [3.63, 3.8) is 0 Å². The Kier molecular flexibility index (Phi) is 4.65. The Morgan fingerprint density at radius 1 is 1.33 bits per heavy atom. The highest BCUT2D eigenvalue weighted by molar-refractivity contribution is 5.15. The molecule has 118 valence electrons. The molecule has 2 aliphatic rings. The van der Waals surface area contributed by atoms with E-state index in [2.05, 4.69) is 29.2 Å². The van der Waals surface area contributed by atoms with Crippen LogP contribution >= 0.6 is 0 Å². The van der Waals surface area contributed by atoms with Crippen molar-refractivity contribution in [2.75, 3.05) is 13.1 Å². The van der Waals surface area contributed by atoms with Crippen LogP contribution in [0, 0.1) is 12.8 Å². The van der Waals surface area contributed by atoms with Gasteiger partial charge in [-0.25, -0.2) is 0 Å². The van der Waals surface area contributed by atoms with E-state index < -0.39 is 0 Å². The molecule has 0 spiro atoms. The average molecular weight is 290 g/mol. The minimum atomic E-state index is 0.590. The predicted molar refractivity (Wildman–Crippen MR) is 86.2 cm³/mol. The molecule has 1 aliphatic carbocycles. The number of aromatic nitrogens is 2. The van der Waals surface area contributed by atoms with E-state index in [9.17, 15) is 0 Å². The lowest BCUT2D eigenvalue weighted by Crippen LogP contribution is -2.49. The standard InChI is InChI=1S/C17H30N4/c1-13(18-10-16-11-19-20(3)14(16)2)15-6-5-9-21(12-15)17-7-4-8-17/h11,13,15,17-18H,4-10,12H2,1-3H3/t13-,15+/m1/s1. The number of hydrogen-bond acceptors (Lipinski definition) is 3. The first-order chi connectivity index (χ1) is 10.1. The van der Waals surface area contributed by atoms with Crippen LogP contribution < -0.4 is 5.32 Å². The van der Waals surface area contributed by atoms with Crippen LogP contribution in [0.3, 0.4) is 0 Å². The summed E-state index contributed by atoms with van der Waals surface area (Å²) in [7, 11) is 2.01. The molecule has 1 aromatic heterocycles. The van der Waals surface area contributed by atoms with Crippen molar-refractivity contribution in [2.24, 2.45) is 13.0 Å². The molecule has 0 radical (unpaired) electrons. The minimum absolute atomic E-state index is 0.590. The second-order valence-corrected chi connectivity index (χ2v) is 7.03. The Labute approximate surface area is 128 Å². The molecule has 2 atom stereocenters. The molecule has 1 saturated heterocycles. The van der Waals surface area contributed by atoms with Gasteiger partial charge in [0.25, 0.3) is 0 Å². The molecule has 3 rings (SSSR count). The highest BCUT2D eigenvalue weighted by atomic mass is 15.3. The summed E-state index contributed by atoms with van der Waals surface area (Å²) >= 11 is 0. The lowest BCUT2D eigenvalue weighted by Gasteiger charge is -2.44. The fourth-order valence-corrected chi connectivity index (χ4v) is 3.69. The largest absolute Gasteiger partial charge is 0.310 e. The minimum Gasteiger partial charge on any atom is -0.310 e. The summed E-state index contributed by atoms with van der Waals surface area (Å²) in [6.07, 6.45) is 9.06. The van der Waals surface area contributed by atoms with Crippen molar-refractivity contribution in [3.8, 4) is 0 Å². The monoisotopic (exact) mass is 290 g/mol. The molecule has 0 bridgehead atoms. The van der Waals surface area contributed by atoms with Gasteiger partial charge in [-0.15, -0.1) is 0 Å². The molecule has 0 unspecified atom stereocenters. The molecular formula is C17H30N4. The van der Waals surface area contributed by atoms with E-state index in [4.69, 9.17) is 0 Å². The lowest BCUT2D eigenvalue weighted by molar-refractivity contribution is 0.0665. The van der Waals surface area contributed by atoms with Gasteiger partial charge in [0, 0.05) is 43.5 Å². The number of likely N-dealkylation sites (tertiary alicyclic amines) is 1. The topological polar surface area (TPSA) is 33.1 Å². The maximum Gasteiger partial charge on any atom is 0.0537 e. The van der Waals surface area contributed by atoms with Crippen molar-refractivity contribution in [3.05, 3.63) is 17.5 Å². The van der Waals surface area contributed by atoms with Gasteiger partial charge in [0.15, 0.2) is 0 Å². The normalized spacial score (nSPS) is 25.8. The van der Waals surface area contributed by atoms with E-state index in [1.54, 1.807) is 0 Å². The number of nitrogens with zero attached hydrogens (tertiary/aromatic N) is 3. The lowest BCUT2D eigenvalue weighted by atomic mass is 9.85. The van der Waals surface area contributed by atoms with E-state index in [0.717, 1.165) is 18.5 Å². The van der Waals surface area contributed by atoms with Crippen LogP contribution in [0.5, 0.6) is 0 Å². The van der Waals surface area contributed by atoms with Crippen LogP contribution in [0.4, 0.5) is 0 Å². The molecular weight excluding hydrogens is 260 g/mol. The van der Waals surface area contributed by atoms with E-state index in [1.807, 2.05) is 17.9 Å². The van der Waals surface area contributed by atoms with Crippen LogP contribution in [0.25, 0.3) is 0 Å². The summed E-state index contributed by atoms with van der Waals surface area (Å²) in [6, 6.07) is 1.49. The fourth-order valence-electron chi connectivity index (χ4n) is 3.69. The third-order valence-corrected chi connectivity index (χ3v) is 5.74. The molecule has 1 aliphatic heterocycles. The maximum absolute atomic E-state index is 4.33. The molecule has 1 aromatic rings. The third kappa shape index (κ3) is 3.32. The van der Waals surface area contributed by atoms with Gasteiger partial charge in [0.1, 0.15) is 0 Å². The van der Waals surface area contributed by atoms with Gasteiger partial charge in [-0.05, 0) is 52.0 Å². The van der Waals surface area contributed by atoms with Crippen molar-refractivity contribution in [2.45, 2.75) is 64.6 Å². The van der Waals surface area contributed by atoms with Gasteiger partial charge in [0.05, 0.1) is 6.20 Å². The number of hydrogen-bond donors (Lipinski definition) is 1. The number of rotatable bonds is 5. The predicted octanol–water partition coefficient (Wildman–Crippen LogP) is 2.47. The SMILES string of the molecule is Cc1c(CN[C@H](C)[C@H]2CCCN(C3CCC3)C2)cnn1C. The second kappa shape index (κ2) is 6.49. The van der Waals surface area contributed by atoms with Crippen LogP contribution in [0.2, 0.25) is 0 Å². The number of aryl methyl sites for hydroxylation is 1. The van der Waals surface area contributed by atoms with Gasteiger partial charge < -0.3 is 10.2 Å². The molecule has 1 saturated carbocycles. The first-order valence-corrected chi connectivity index (χ1v) is 8.60. The molecule has 0 amide bonds. The quantitative estimate of drug-likeness (QED) is 0.904. The first-order valence-electron chi connectivity index (χ1n) is 8.60. The Bertz CT molecular complexity index is 463. The smallest absolute Gasteiger partial charge is 0.0537 e. The van der Waals surface area contributed by atoms with E-state index in [1.165, 1.54) is 56.5 Å². The Morgan fingerprint density at radius 3 is 2.76 bits per heavy atom. The van der Waals surface area contributed by atoms with E-state index in [-0.39, 0.29) is 0 Å². The molecule has 0 aromatic carbocycles. The van der Waals surface area contributed by atoms with Crippen molar-refractivity contribution < 1.29 is 0 Å². The fraction of sp³-hybridized carbons (Fsp3) is 0.824. The van der Waals surface area contributed by atoms with Crippen LogP contribution in [0.15, 0.2) is 6.20 Å². The van der Waals surface area contributed by atoms with E-state index >= 15 is 0 Å². The molecule has 21 heavy (non-hydrogen) atoms. The molecule has 2 heterocycles. The zero-order chi connectivity index (χ0) is 14.8. The van der Waals surface area contributed by atoms with Crippen molar-refractivity contribution >= 4 is 0 Å². The third-order valence-electron chi connectivity index (χ3n) is 5.74. The van der Waals surface area contributed by atoms with Crippen LogP contribution in [0.1, 0.15) is 50.3 Å². The van der Waals surface area contributed by atoms with Gasteiger partial charge in [-0.1, -0.05) is 6.42 Å². The van der Waals surface area contributed by atoms with Crippen molar-refractivity contribution in [1.29, 1.82) is 0 Å². The van der Waals surface area contributed by atoms with E-state index in [0.29, 0.717) is 6.04 Å². The highest BCUT2D eigenvalue weighted by Crippen LogP contribution is 2.30. The molecule has 2 fully saturated rings. The second-order valence-electron chi connectivity index (χ2n) is 7.03. The highest BCUT2D eigenvalue weighted by Gasteiger charge is 2.31. The number of piperidine rings is 1. The maximum atomic E-state index is 4.33. The van der Waals surface area contributed by atoms with Gasteiger partial charge in [-0.2, -0.15) is 5.10 Å². The number of nitrogens with one attached hydrogen (secondary N) is 1. The Morgan fingerprint density at radius 2 is 2.14 bits per heavy atom. The van der Waals surface area contributed by atoms with Gasteiger partial charge in [-0.3, -0.25) is 4.68 Å². The summed E-state index contributed by atoms with van der Waals surface area (Å²) in [6.45, 7) is 8.08. The molecule has 1 N–H and O–H groups in total. The average Bonchev–Trinajstić information content (AvgIpc) is 2.75. The summed E-state index contributed by atoms with van der Waals surface area (Å²) in [4.78, 5) is 2.76. The summed E-state index contributed by atoms with van der Waals surface area (Å²) in [5, 5.41) is 8.07. The van der Waals surface area contributed by atoms with Crippen molar-refractivity contribution in [1.82, 2.24) is 20.0 Å². The molecule has 4 heteroatoms. The summed E-state index contributed by atoms with van der Waals surface area (Å²) in [5.74, 6) is 0.802. The van der Waals surface area contributed by atoms with Crippen LogP contribution in [-0.2, 0) is 13.6 Å². The summed E-state index contributed by atoms with van der Waals surface area (Å²) in [5.41, 5.74) is 2.60. The molecule has 4 nitrogen and oxygen atoms in total. The van der Waals surface area contributed by atoms with Gasteiger partial charge in [0.2, 0.25) is 0 Å². The zero-order valence-corrected chi connectivity index (χ0v) is 13.8. The van der Waals surface area contributed by atoms with Crippen LogP contribution in [-0.4, -0.2) is 39.9 Å². The Balaban J connectivity index is 1.50. The first kappa shape index (κ1) is 15.0.